The minimum Gasteiger partial charge on any atom is -0.481 e. The maximum atomic E-state index is 14.9. The summed E-state index contributed by atoms with van der Waals surface area (Å²) in [4.78, 5) is 91.5. The third kappa shape index (κ3) is 14.3. The van der Waals surface area contributed by atoms with Crippen LogP contribution >= 0.6 is 0 Å². The molecule has 0 aromatic carbocycles. The molecule has 15 nitrogen and oxygen atoms in total. The molecule has 8 rings (SSSR count). The Morgan fingerprint density at radius 1 is 0.754 bits per heavy atom. The molecule has 1 aromatic heterocycles. The molecule has 2 bridgehead atoms. The number of aliphatic imine (C=N–C) groups is 1. The number of aromatic nitrogens is 1. The normalized spacial score (nSPS) is 33.0. The number of ether oxygens (including phenoxy) is 1. The molecule has 5 amide bonds. The summed E-state index contributed by atoms with van der Waals surface area (Å²) in [6.45, 7) is -0.143. The third-order valence-electron chi connectivity index (χ3n) is 15.3. The van der Waals surface area contributed by atoms with Crippen LogP contribution in [0.5, 0.6) is 0 Å². The molecule has 7 unspecified atom stereocenters. The zero-order chi connectivity index (χ0) is 45.5. The van der Waals surface area contributed by atoms with Gasteiger partial charge in [0.15, 0.2) is 6.04 Å². The van der Waals surface area contributed by atoms with Gasteiger partial charge in [-0.3, -0.25) is 38.7 Å². The van der Waals surface area contributed by atoms with E-state index < -0.39 is 59.7 Å². The second-order valence-electron chi connectivity index (χ2n) is 19.8. The number of carbonyl (C=O) groups is 6. The minimum absolute atomic E-state index is 0.0612. The third-order valence-corrected chi connectivity index (χ3v) is 15.3. The first-order valence-electron chi connectivity index (χ1n) is 24.8. The maximum Gasteiger partial charge on any atom is 0.303 e. The lowest BCUT2D eigenvalue weighted by atomic mass is 9.70. The first kappa shape index (κ1) is 48.1. The van der Waals surface area contributed by atoms with Gasteiger partial charge in [0.1, 0.15) is 24.7 Å². The van der Waals surface area contributed by atoms with Crippen molar-refractivity contribution in [3.05, 3.63) is 30.1 Å². The summed E-state index contributed by atoms with van der Waals surface area (Å²) in [5.74, 6) is 4.22. The molecule has 15 heteroatoms. The smallest absolute Gasteiger partial charge is 0.303 e. The van der Waals surface area contributed by atoms with Crippen LogP contribution < -0.4 is 26.6 Å². The number of carboxylic acids is 1. The lowest BCUT2D eigenvalue weighted by Crippen LogP contribution is -2.59. The molecule has 65 heavy (non-hydrogen) atoms. The van der Waals surface area contributed by atoms with Crippen molar-refractivity contribution in [2.75, 3.05) is 13.2 Å². The Kier molecular flexibility index (Phi) is 17.8. The van der Waals surface area contributed by atoms with E-state index in [1.54, 1.807) is 24.5 Å². The van der Waals surface area contributed by atoms with Gasteiger partial charge < -0.3 is 36.4 Å². The highest BCUT2D eigenvalue weighted by Crippen LogP contribution is 2.41. The summed E-state index contributed by atoms with van der Waals surface area (Å²) in [6.07, 6.45) is 23.3. The van der Waals surface area contributed by atoms with Gasteiger partial charge in [0, 0.05) is 43.1 Å². The van der Waals surface area contributed by atoms with Crippen LogP contribution in [0.4, 0.5) is 0 Å². The molecule has 0 radical (unpaired) electrons. The second kappa shape index (κ2) is 24.1. The van der Waals surface area contributed by atoms with Crippen molar-refractivity contribution in [1.29, 1.82) is 0 Å². The average molecular weight is 898 g/mol. The van der Waals surface area contributed by atoms with Crippen molar-refractivity contribution in [1.82, 2.24) is 31.6 Å². The summed E-state index contributed by atoms with van der Waals surface area (Å²) in [5.41, 5.74) is 0.603. The predicted octanol–water partition coefficient (Wildman–Crippen LogP) is 4.76. The average Bonchev–Trinajstić information content (AvgIpc) is 3.73. The Hall–Kier alpha value is -4.84. The van der Waals surface area contributed by atoms with Gasteiger partial charge in [-0.25, -0.2) is 0 Å². The van der Waals surface area contributed by atoms with E-state index in [-0.39, 0.29) is 68.2 Å². The Labute approximate surface area is 384 Å². The summed E-state index contributed by atoms with van der Waals surface area (Å²) in [7, 11) is 0. The van der Waals surface area contributed by atoms with Crippen molar-refractivity contribution < 1.29 is 38.6 Å². The van der Waals surface area contributed by atoms with Crippen molar-refractivity contribution in [3.8, 4) is 11.8 Å². The molecule has 2 saturated heterocycles. The van der Waals surface area contributed by atoms with Crippen LogP contribution in [0.25, 0.3) is 0 Å². The molecule has 6 N–H and O–H groups in total. The van der Waals surface area contributed by atoms with Gasteiger partial charge in [-0.05, 0) is 119 Å². The van der Waals surface area contributed by atoms with Crippen molar-refractivity contribution in [3.63, 3.8) is 0 Å². The number of hydrogen-bond donors (Lipinski definition) is 6. The van der Waals surface area contributed by atoms with Crippen LogP contribution in [0.1, 0.15) is 147 Å². The molecule has 6 fully saturated rings. The van der Waals surface area contributed by atoms with Crippen LogP contribution in [-0.2, 0) is 33.5 Å². The van der Waals surface area contributed by atoms with Crippen molar-refractivity contribution in [2.45, 2.75) is 178 Å². The zero-order valence-electron chi connectivity index (χ0n) is 38.0. The monoisotopic (exact) mass is 898 g/mol. The topological polar surface area (TPSA) is 217 Å². The molecule has 4 aliphatic carbocycles. The number of amides is 5. The van der Waals surface area contributed by atoms with E-state index >= 15 is 0 Å². The Morgan fingerprint density at radius 3 is 2.18 bits per heavy atom. The lowest BCUT2D eigenvalue weighted by Gasteiger charge is -2.37. The highest BCUT2D eigenvalue weighted by molar-refractivity contribution is 5.96. The van der Waals surface area contributed by atoms with Gasteiger partial charge in [0.2, 0.25) is 23.6 Å². The van der Waals surface area contributed by atoms with E-state index in [1.165, 1.54) is 32.1 Å². The molecule has 3 aliphatic heterocycles. The number of rotatable bonds is 10. The van der Waals surface area contributed by atoms with E-state index in [4.69, 9.17) is 9.73 Å². The quantitative estimate of drug-likeness (QED) is 0.108. The summed E-state index contributed by atoms with van der Waals surface area (Å²) < 4.78 is 6.06. The van der Waals surface area contributed by atoms with Crippen molar-refractivity contribution >= 4 is 41.7 Å². The van der Waals surface area contributed by atoms with E-state index in [9.17, 15) is 33.9 Å². The largest absolute Gasteiger partial charge is 0.481 e. The zero-order valence-corrected chi connectivity index (χ0v) is 38.0. The number of nitrogens with one attached hydrogen (secondary N) is 5. The number of fused-ring (bicyclic) bond motifs is 17. The summed E-state index contributed by atoms with van der Waals surface area (Å²) in [5, 5.41) is 23.9. The molecular formula is C50H71N7O8. The molecule has 7 aliphatic rings. The van der Waals surface area contributed by atoms with Crippen LogP contribution in [0.3, 0.4) is 0 Å². The van der Waals surface area contributed by atoms with Crippen LogP contribution in [0.2, 0.25) is 0 Å². The van der Waals surface area contributed by atoms with Crippen LogP contribution in [-0.4, -0.2) is 101 Å². The molecule has 1 aromatic rings. The Morgan fingerprint density at radius 2 is 1.43 bits per heavy atom. The van der Waals surface area contributed by atoms with Gasteiger partial charge in [-0.15, -0.1) is 0 Å². The van der Waals surface area contributed by atoms with Crippen LogP contribution in [0, 0.1) is 47.3 Å². The van der Waals surface area contributed by atoms with Gasteiger partial charge in [-0.1, -0.05) is 69.6 Å². The number of carboxylic acid groups (broad SMARTS) is 1. The number of carbonyl (C=O) groups excluding carboxylic acids is 5. The first-order valence-corrected chi connectivity index (χ1v) is 24.8. The molecule has 4 saturated carbocycles. The SMILES string of the molecule is O=C(O)CCCNC(=O)C1CC2CCC(CC2)OCC(=O)NC(C#Cc2ccncc2)C(=O)NC(CC2CCC(C3CCCCC3)CC2)C(=O)NC(CC2C=NC3CCCCC23)C(=O)N1. The fourth-order valence-corrected chi connectivity index (χ4v) is 11.6. The lowest BCUT2D eigenvalue weighted by molar-refractivity contribution is -0.137. The predicted molar refractivity (Wildman–Crippen MR) is 244 cm³/mol. The van der Waals surface area contributed by atoms with Gasteiger partial charge in [0.25, 0.3) is 5.91 Å². The van der Waals surface area contributed by atoms with E-state index in [2.05, 4.69) is 43.4 Å². The Balaban J connectivity index is 1.17. The van der Waals surface area contributed by atoms with Gasteiger partial charge >= 0.3 is 5.97 Å². The van der Waals surface area contributed by atoms with E-state index in [0.717, 1.165) is 57.3 Å². The van der Waals surface area contributed by atoms with Gasteiger partial charge in [-0.2, -0.15) is 0 Å². The number of nitrogens with zero attached hydrogens (tertiary/aromatic N) is 2. The molecule has 354 valence electrons. The van der Waals surface area contributed by atoms with Crippen molar-refractivity contribution in [2.24, 2.45) is 40.5 Å². The number of hydrogen-bond acceptors (Lipinski definition) is 9. The van der Waals surface area contributed by atoms with E-state index in [0.29, 0.717) is 50.0 Å². The second-order valence-corrected chi connectivity index (χ2v) is 19.8. The number of aliphatic carboxylic acids is 1. The molecule has 4 heterocycles. The van der Waals surface area contributed by atoms with Crippen LogP contribution in [0.15, 0.2) is 29.5 Å². The summed E-state index contributed by atoms with van der Waals surface area (Å²) in [6, 6.07) is -0.735. The first-order chi connectivity index (χ1) is 31.6. The summed E-state index contributed by atoms with van der Waals surface area (Å²) >= 11 is 0. The highest BCUT2D eigenvalue weighted by Gasteiger charge is 2.40. The maximum absolute atomic E-state index is 14.9. The molecular weight excluding hydrogens is 827 g/mol. The standard InChI is InChI=1S/C50H71N7O8/c58-45-31-65-38-19-14-34(15-20-38)27-42(47(61)52-24-6-11-46(59)60)55-50(64)44(29-37-30-53-40-10-5-4-9-39(37)40)57-49(63)43(28-33-12-17-36(18-13-33)35-7-2-1-3-8-35)56-48(62)41(54-45)21-16-32-22-25-51-26-23-32/h22-23,25-26,30,33-44H,1-15,17-20,24,27-29,31H2,(H,52,61)(H,54,58)(H,55,64)(H,56,62)(H,57,63)(H,59,60). The van der Waals surface area contributed by atoms with E-state index in [1.807, 2.05) is 6.21 Å². The number of pyridine rings is 1. The fourth-order valence-electron chi connectivity index (χ4n) is 11.6. The molecule has 7 atom stereocenters. The minimum atomic E-state index is -1.30. The fraction of sp³-hybridized carbons (Fsp3) is 0.720. The molecule has 0 spiro atoms. The Bertz CT molecular complexity index is 1880. The van der Waals surface area contributed by atoms with Gasteiger partial charge in [0.05, 0.1) is 12.1 Å². The highest BCUT2D eigenvalue weighted by atomic mass is 16.5.